The molecule has 1 aliphatic rings. The molecule has 4 nitrogen and oxygen atoms in total. The smallest absolute Gasteiger partial charge is 0.315 e. The Bertz CT molecular complexity index is 334. The molecule has 5 heteroatoms. The number of hydrogen-bond acceptors (Lipinski definition) is 3. The van der Waals surface area contributed by atoms with E-state index in [9.17, 15) is 4.79 Å². The van der Waals surface area contributed by atoms with E-state index in [0.29, 0.717) is 6.54 Å². The third kappa shape index (κ3) is 4.36. The van der Waals surface area contributed by atoms with Crippen LogP contribution in [0.2, 0.25) is 0 Å². The second kappa shape index (κ2) is 6.61. The highest BCUT2D eigenvalue weighted by Crippen LogP contribution is 2.06. The van der Waals surface area contributed by atoms with E-state index in [4.69, 9.17) is 4.74 Å². The summed E-state index contributed by atoms with van der Waals surface area (Å²) in [5.74, 6) is 0. The van der Waals surface area contributed by atoms with Gasteiger partial charge < -0.3 is 15.4 Å². The highest BCUT2D eigenvalue weighted by molar-refractivity contribution is 7.07. The average molecular weight is 254 g/mol. The molecule has 2 amide bonds. The summed E-state index contributed by atoms with van der Waals surface area (Å²) in [7, 11) is 0. The Morgan fingerprint density at radius 1 is 1.47 bits per heavy atom. The average Bonchev–Trinajstić information content (AvgIpc) is 2.83. The minimum atomic E-state index is -0.0628. The number of urea groups is 1. The lowest BCUT2D eigenvalue weighted by atomic mass is 10.1. The van der Waals surface area contributed by atoms with Crippen molar-refractivity contribution < 1.29 is 9.53 Å². The molecule has 0 aromatic carbocycles. The lowest BCUT2D eigenvalue weighted by Crippen LogP contribution is -2.44. The van der Waals surface area contributed by atoms with E-state index in [1.165, 1.54) is 5.56 Å². The summed E-state index contributed by atoms with van der Waals surface area (Å²) in [5.41, 5.74) is 1.28. The molecule has 1 aliphatic heterocycles. The molecule has 1 saturated heterocycles. The fourth-order valence-corrected chi connectivity index (χ4v) is 2.54. The second-order valence-corrected chi connectivity index (χ2v) is 4.95. The predicted octanol–water partition coefficient (Wildman–Crippen LogP) is 1.77. The van der Waals surface area contributed by atoms with Gasteiger partial charge in [0.2, 0.25) is 0 Å². The summed E-state index contributed by atoms with van der Waals surface area (Å²) in [6.07, 6.45) is 2.72. The first-order valence-corrected chi connectivity index (χ1v) is 6.92. The number of carbonyl (C=O) groups is 1. The van der Waals surface area contributed by atoms with Crippen molar-refractivity contribution in [3.05, 3.63) is 22.4 Å². The molecule has 1 aromatic rings. The van der Waals surface area contributed by atoms with Gasteiger partial charge in [-0.15, -0.1) is 0 Å². The van der Waals surface area contributed by atoms with E-state index in [-0.39, 0.29) is 12.1 Å². The van der Waals surface area contributed by atoms with Gasteiger partial charge in [0, 0.05) is 25.8 Å². The zero-order valence-corrected chi connectivity index (χ0v) is 10.6. The molecule has 2 heterocycles. The Hall–Kier alpha value is -1.07. The first-order valence-electron chi connectivity index (χ1n) is 5.98. The van der Waals surface area contributed by atoms with Crippen LogP contribution >= 0.6 is 11.3 Å². The van der Waals surface area contributed by atoms with Crippen molar-refractivity contribution >= 4 is 17.4 Å². The largest absolute Gasteiger partial charge is 0.381 e. The van der Waals surface area contributed by atoms with Crippen LogP contribution in [0, 0.1) is 0 Å². The van der Waals surface area contributed by atoms with Crippen molar-refractivity contribution in [2.45, 2.75) is 25.3 Å². The fourth-order valence-electron chi connectivity index (χ4n) is 1.83. The molecule has 1 fully saturated rings. The van der Waals surface area contributed by atoms with Crippen LogP contribution in [0.15, 0.2) is 16.8 Å². The van der Waals surface area contributed by atoms with Gasteiger partial charge in [-0.3, -0.25) is 0 Å². The van der Waals surface area contributed by atoms with Crippen LogP contribution in [0.3, 0.4) is 0 Å². The molecule has 0 radical (unpaired) electrons. The number of ether oxygens (including phenoxy) is 1. The lowest BCUT2D eigenvalue weighted by molar-refractivity contribution is 0.0801. The number of amides is 2. The molecule has 0 unspecified atom stereocenters. The summed E-state index contributed by atoms with van der Waals surface area (Å²) in [6, 6.07) is 2.29. The minimum Gasteiger partial charge on any atom is -0.381 e. The van der Waals surface area contributed by atoms with Crippen LogP contribution < -0.4 is 10.6 Å². The van der Waals surface area contributed by atoms with Crippen molar-refractivity contribution in [2.24, 2.45) is 0 Å². The van der Waals surface area contributed by atoms with Gasteiger partial charge in [-0.1, -0.05) is 0 Å². The van der Waals surface area contributed by atoms with Crippen molar-refractivity contribution in [3.63, 3.8) is 0 Å². The zero-order valence-electron chi connectivity index (χ0n) is 9.78. The number of thiophene rings is 1. The molecular weight excluding hydrogens is 236 g/mol. The molecule has 94 valence electrons. The first-order chi connectivity index (χ1) is 8.34. The first kappa shape index (κ1) is 12.4. The number of carbonyl (C=O) groups excluding carboxylic acids is 1. The molecule has 0 bridgehead atoms. The van der Waals surface area contributed by atoms with Crippen LogP contribution in [-0.4, -0.2) is 31.8 Å². The predicted molar refractivity (Wildman–Crippen MR) is 68.4 cm³/mol. The third-order valence-electron chi connectivity index (χ3n) is 2.84. The summed E-state index contributed by atoms with van der Waals surface area (Å²) in [6.45, 7) is 2.19. The van der Waals surface area contributed by atoms with Crippen LogP contribution in [0.1, 0.15) is 18.4 Å². The van der Waals surface area contributed by atoms with Gasteiger partial charge in [0.25, 0.3) is 0 Å². The van der Waals surface area contributed by atoms with Crippen LogP contribution in [0.5, 0.6) is 0 Å². The van der Waals surface area contributed by atoms with Crippen molar-refractivity contribution in [1.29, 1.82) is 0 Å². The van der Waals surface area contributed by atoms with Crippen LogP contribution in [0.25, 0.3) is 0 Å². The Balaban J connectivity index is 1.60. The number of rotatable bonds is 4. The molecule has 0 aliphatic carbocycles. The van der Waals surface area contributed by atoms with Gasteiger partial charge in [0.15, 0.2) is 0 Å². The van der Waals surface area contributed by atoms with E-state index in [1.807, 2.05) is 0 Å². The van der Waals surface area contributed by atoms with Gasteiger partial charge in [-0.25, -0.2) is 4.79 Å². The fraction of sp³-hybridized carbons (Fsp3) is 0.583. The normalized spacial score (nSPS) is 16.7. The van der Waals surface area contributed by atoms with Gasteiger partial charge in [-0.2, -0.15) is 11.3 Å². The van der Waals surface area contributed by atoms with E-state index < -0.39 is 0 Å². The Morgan fingerprint density at radius 3 is 3.00 bits per heavy atom. The zero-order chi connectivity index (χ0) is 11.9. The van der Waals surface area contributed by atoms with E-state index in [0.717, 1.165) is 32.5 Å². The maximum absolute atomic E-state index is 11.6. The van der Waals surface area contributed by atoms with E-state index >= 15 is 0 Å². The monoisotopic (exact) mass is 254 g/mol. The maximum atomic E-state index is 11.6. The molecule has 17 heavy (non-hydrogen) atoms. The van der Waals surface area contributed by atoms with Gasteiger partial charge in [0.1, 0.15) is 0 Å². The van der Waals surface area contributed by atoms with Crippen LogP contribution in [0.4, 0.5) is 4.79 Å². The lowest BCUT2D eigenvalue weighted by Gasteiger charge is -2.23. The van der Waals surface area contributed by atoms with Gasteiger partial charge in [-0.05, 0) is 41.7 Å². The standard InChI is InChI=1S/C12H18N2O2S/c15-12(14-11-2-6-16-7-3-11)13-5-1-10-4-8-17-9-10/h4,8-9,11H,1-3,5-7H2,(H2,13,14,15). The third-order valence-corrected chi connectivity index (χ3v) is 3.57. The minimum absolute atomic E-state index is 0.0628. The summed E-state index contributed by atoms with van der Waals surface area (Å²) < 4.78 is 5.24. The second-order valence-electron chi connectivity index (χ2n) is 4.17. The molecule has 0 saturated carbocycles. The van der Waals surface area contributed by atoms with E-state index in [2.05, 4.69) is 27.5 Å². The number of nitrogens with one attached hydrogen (secondary N) is 2. The van der Waals surface area contributed by atoms with Crippen molar-refractivity contribution in [2.75, 3.05) is 19.8 Å². The molecule has 0 atom stereocenters. The topological polar surface area (TPSA) is 50.4 Å². The maximum Gasteiger partial charge on any atom is 0.315 e. The van der Waals surface area contributed by atoms with Crippen molar-refractivity contribution in [1.82, 2.24) is 10.6 Å². The summed E-state index contributed by atoms with van der Waals surface area (Å²) in [5, 5.41) is 10.0. The molecule has 1 aromatic heterocycles. The number of hydrogen-bond donors (Lipinski definition) is 2. The Kier molecular flexibility index (Phi) is 4.82. The van der Waals surface area contributed by atoms with Crippen LogP contribution in [-0.2, 0) is 11.2 Å². The van der Waals surface area contributed by atoms with E-state index in [1.54, 1.807) is 11.3 Å². The summed E-state index contributed by atoms with van der Waals surface area (Å²) >= 11 is 1.68. The quantitative estimate of drug-likeness (QED) is 0.860. The Labute approximate surface area is 105 Å². The summed E-state index contributed by atoms with van der Waals surface area (Å²) in [4.78, 5) is 11.6. The van der Waals surface area contributed by atoms with Crippen molar-refractivity contribution in [3.8, 4) is 0 Å². The van der Waals surface area contributed by atoms with Gasteiger partial charge >= 0.3 is 6.03 Å². The Morgan fingerprint density at radius 2 is 2.29 bits per heavy atom. The molecule has 0 spiro atoms. The molecule has 2 rings (SSSR count). The highest BCUT2D eigenvalue weighted by atomic mass is 32.1. The molecular formula is C12H18N2O2S. The highest BCUT2D eigenvalue weighted by Gasteiger charge is 2.15. The molecule has 2 N–H and O–H groups in total. The SMILES string of the molecule is O=C(NCCc1ccsc1)NC1CCOCC1. The van der Waals surface area contributed by atoms with Gasteiger partial charge in [0.05, 0.1) is 0 Å².